The van der Waals surface area contributed by atoms with Crippen LogP contribution in [0, 0.1) is 0 Å². The molecule has 7 nitrogen and oxygen atoms in total. The van der Waals surface area contributed by atoms with E-state index >= 15 is 0 Å². The second kappa shape index (κ2) is 8.06. The minimum atomic E-state index is -3.54. The van der Waals surface area contributed by atoms with E-state index in [4.69, 9.17) is 0 Å². The number of hydrogen-bond acceptors (Lipinski definition) is 3. The molecule has 28 heavy (non-hydrogen) atoms. The van der Waals surface area contributed by atoms with E-state index in [-0.39, 0.29) is 16.8 Å². The largest absolute Gasteiger partial charge is 0.350 e. The highest BCUT2D eigenvalue weighted by molar-refractivity contribution is 7.89. The second-order valence-electron chi connectivity index (χ2n) is 7.59. The SMILES string of the molecule is C[C@H](C(=O)Nc1cccc(S(=O)(=O)N(C)C)c1)[NH+]1CCC[C@@H]1c1cccn1C. The van der Waals surface area contributed by atoms with Crippen LogP contribution >= 0.6 is 0 Å². The summed E-state index contributed by atoms with van der Waals surface area (Å²) in [5, 5.41) is 2.90. The van der Waals surface area contributed by atoms with Gasteiger partial charge in [0.1, 0.15) is 6.04 Å². The molecule has 1 aliphatic heterocycles. The van der Waals surface area contributed by atoms with Crippen molar-refractivity contribution in [3.8, 4) is 0 Å². The molecule has 1 aliphatic rings. The Morgan fingerprint density at radius 2 is 2.04 bits per heavy atom. The second-order valence-corrected chi connectivity index (χ2v) is 9.74. The third-order valence-corrected chi connectivity index (χ3v) is 7.39. The Balaban J connectivity index is 1.75. The first-order valence-electron chi connectivity index (χ1n) is 9.52. The summed E-state index contributed by atoms with van der Waals surface area (Å²) in [4.78, 5) is 14.3. The van der Waals surface area contributed by atoms with Crippen molar-refractivity contribution in [2.45, 2.75) is 36.7 Å². The number of rotatable bonds is 6. The van der Waals surface area contributed by atoms with Crippen LogP contribution in [0.25, 0.3) is 0 Å². The molecule has 2 aromatic rings. The fourth-order valence-corrected chi connectivity index (χ4v) is 4.87. The molecule has 1 unspecified atom stereocenters. The summed E-state index contributed by atoms with van der Waals surface area (Å²) in [6, 6.07) is 10.6. The number of aryl methyl sites for hydroxylation is 1. The van der Waals surface area contributed by atoms with Gasteiger partial charge in [0.2, 0.25) is 10.0 Å². The van der Waals surface area contributed by atoms with Gasteiger partial charge in [-0.3, -0.25) is 4.79 Å². The Morgan fingerprint density at radius 3 is 2.68 bits per heavy atom. The number of hydrogen-bond donors (Lipinski definition) is 2. The van der Waals surface area contributed by atoms with Gasteiger partial charge >= 0.3 is 0 Å². The van der Waals surface area contributed by atoms with Crippen LogP contribution in [-0.4, -0.2) is 49.9 Å². The van der Waals surface area contributed by atoms with Gasteiger partial charge in [0, 0.05) is 45.9 Å². The molecular formula is C20H29N4O3S+. The summed E-state index contributed by atoms with van der Waals surface area (Å²) in [5.74, 6) is -0.101. The Morgan fingerprint density at radius 1 is 1.29 bits per heavy atom. The van der Waals surface area contributed by atoms with Crippen LogP contribution in [0.4, 0.5) is 5.69 Å². The molecule has 8 heteroatoms. The highest BCUT2D eigenvalue weighted by atomic mass is 32.2. The predicted molar refractivity (Wildman–Crippen MR) is 109 cm³/mol. The number of quaternary nitrogens is 1. The van der Waals surface area contributed by atoms with Gasteiger partial charge in [-0.05, 0) is 37.3 Å². The van der Waals surface area contributed by atoms with Crippen molar-refractivity contribution in [3.63, 3.8) is 0 Å². The topological polar surface area (TPSA) is 75.8 Å². The molecule has 152 valence electrons. The fourth-order valence-electron chi connectivity index (χ4n) is 3.93. The maximum atomic E-state index is 12.9. The normalized spacial score (nSPS) is 21.0. The van der Waals surface area contributed by atoms with Crippen molar-refractivity contribution in [3.05, 3.63) is 48.3 Å². The molecule has 1 aromatic heterocycles. The van der Waals surface area contributed by atoms with Crippen LogP contribution in [0.5, 0.6) is 0 Å². The Kier molecular flexibility index (Phi) is 5.92. The summed E-state index contributed by atoms with van der Waals surface area (Å²) in [6.45, 7) is 2.88. The molecule has 1 fully saturated rings. The molecule has 0 saturated carbocycles. The zero-order chi connectivity index (χ0) is 20.5. The maximum absolute atomic E-state index is 12.9. The molecule has 0 bridgehead atoms. The van der Waals surface area contributed by atoms with E-state index in [0.717, 1.165) is 23.7 Å². The highest BCUT2D eigenvalue weighted by Gasteiger charge is 2.38. The average molecular weight is 406 g/mol. The van der Waals surface area contributed by atoms with Crippen molar-refractivity contribution in [2.24, 2.45) is 7.05 Å². The number of nitrogens with one attached hydrogen (secondary N) is 2. The molecule has 0 aliphatic carbocycles. The van der Waals surface area contributed by atoms with Gasteiger partial charge in [-0.25, -0.2) is 12.7 Å². The van der Waals surface area contributed by atoms with Crippen molar-refractivity contribution in [1.29, 1.82) is 0 Å². The summed E-state index contributed by atoms with van der Waals surface area (Å²) >= 11 is 0. The van der Waals surface area contributed by atoms with E-state index in [0.29, 0.717) is 11.7 Å². The number of amides is 1. The van der Waals surface area contributed by atoms with E-state index < -0.39 is 10.0 Å². The van der Waals surface area contributed by atoms with Crippen LogP contribution in [0.1, 0.15) is 31.5 Å². The van der Waals surface area contributed by atoms with Gasteiger partial charge in [-0.1, -0.05) is 6.07 Å². The van der Waals surface area contributed by atoms with E-state index in [2.05, 4.69) is 16.0 Å². The number of sulfonamides is 1. The first-order valence-corrected chi connectivity index (χ1v) is 11.0. The van der Waals surface area contributed by atoms with E-state index in [1.165, 1.54) is 36.8 Å². The fraction of sp³-hybridized carbons (Fsp3) is 0.450. The molecule has 3 atom stereocenters. The van der Waals surface area contributed by atoms with Gasteiger partial charge in [-0.2, -0.15) is 0 Å². The zero-order valence-corrected chi connectivity index (χ0v) is 17.7. The summed E-state index contributed by atoms with van der Waals surface area (Å²) in [7, 11) is 1.47. The molecule has 1 saturated heterocycles. The Bertz CT molecular complexity index is 952. The molecule has 1 amide bonds. The molecule has 0 spiro atoms. The molecule has 2 heterocycles. The molecule has 2 N–H and O–H groups in total. The van der Waals surface area contributed by atoms with Crippen molar-refractivity contribution in [2.75, 3.05) is 26.0 Å². The Labute approximate surface area is 167 Å². The van der Waals surface area contributed by atoms with Gasteiger partial charge in [0.25, 0.3) is 5.91 Å². The number of likely N-dealkylation sites (tertiary alicyclic amines) is 1. The summed E-state index contributed by atoms with van der Waals surface area (Å²) in [6.07, 6.45) is 4.17. The first-order chi connectivity index (χ1) is 13.2. The molecule has 3 rings (SSSR count). The number of benzene rings is 1. The van der Waals surface area contributed by atoms with Crippen LogP contribution in [0.2, 0.25) is 0 Å². The van der Waals surface area contributed by atoms with Gasteiger partial charge in [0.15, 0.2) is 6.04 Å². The molecule has 0 radical (unpaired) electrons. The summed E-state index contributed by atoms with van der Waals surface area (Å²) in [5.41, 5.74) is 1.74. The van der Waals surface area contributed by atoms with E-state index in [9.17, 15) is 13.2 Å². The van der Waals surface area contributed by atoms with Crippen LogP contribution < -0.4 is 10.2 Å². The zero-order valence-electron chi connectivity index (χ0n) is 16.8. The Hall–Kier alpha value is -2.16. The number of carbonyl (C=O) groups is 1. The lowest BCUT2D eigenvalue weighted by Crippen LogP contribution is -3.15. The number of anilines is 1. The minimum Gasteiger partial charge on any atom is -0.350 e. The predicted octanol–water partition coefficient (Wildman–Crippen LogP) is 1.02. The van der Waals surface area contributed by atoms with Crippen molar-refractivity contribution >= 4 is 21.6 Å². The van der Waals surface area contributed by atoms with Crippen molar-refractivity contribution in [1.82, 2.24) is 8.87 Å². The van der Waals surface area contributed by atoms with Crippen LogP contribution in [0.3, 0.4) is 0 Å². The maximum Gasteiger partial charge on any atom is 0.282 e. The van der Waals surface area contributed by atoms with E-state index in [1.54, 1.807) is 12.1 Å². The lowest BCUT2D eigenvalue weighted by atomic mass is 10.1. The quantitative estimate of drug-likeness (QED) is 0.754. The molecular weight excluding hydrogens is 376 g/mol. The lowest BCUT2D eigenvalue weighted by Gasteiger charge is -2.27. The van der Waals surface area contributed by atoms with Crippen LogP contribution in [-0.2, 0) is 21.9 Å². The monoisotopic (exact) mass is 405 g/mol. The standard InChI is InChI=1S/C20H28N4O3S/c1-15(24-13-7-11-19(24)18-10-6-12-23(18)4)20(25)21-16-8-5-9-17(14-16)28(26,27)22(2)3/h5-6,8-10,12,14-15,19H,7,11,13H2,1-4H3,(H,21,25)/p+1/t15-,19-/m1/s1. The number of carbonyl (C=O) groups excluding carboxylic acids is 1. The third-order valence-electron chi connectivity index (χ3n) is 5.58. The number of nitrogens with zero attached hydrogens (tertiary/aromatic N) is 2. The highest BCUT2D eigenvalue weighted by Crippen LogP contribution is 2.21. The van der Waals surface area contributed by atoms with Gasteiger partial charge in [0.05, 0.1) is 17.1 Å². The van der Waals surface area contributed by atoms with E-state index in [1.807, 2.05) is 26.2 Å². The van der Waals surface area contributed by atoms with Gasteiger partial charge < -0.3 is 14.8 Å². The van der Waals surface area contributed by atoms with Gasteiger partial charge in [-0.15, -0.1) is 0 Å². The smallest absolute Gasteiger partial charge is 0.282 e. The lowest BCUT2D eigenvalue weighted by molar-refractivity contribution is -0.932. The molecule has 1 aromatic carbocycles. The third kappa shape index (κ3) is 3.99. The van der Waals surface area contributed by atoms with Crippen LogP contribution in [0.15, 0.2) is 47.5 Å². The number of aromatic nitrogens is 1. The minimum absolute atomic E-state index is 0.101. The summed E-state index contributed by atoms with van der Waals surface area (Å²) < 4.78 is 27.9. The average Bonchev–Trinajstić information content (AvgIpc) is 3.29. The van der Waals surface area contributed by atoms with Crippen molar-refractivity contribution < 1.29 is 18.1 Å². The first kappa shape index (κ1) is 20.6.